The topological polar surface area (TPSA) is 70.1 Å². The van der Waals surface area contributed by atoms with Crippen molar-refractivity contribution in [2.45, 2.75) is 25.5 Å². The van der Waals surface area contributed by atoms with Crippen LogP contribution in [0.4, 0.5) is 4.79 Å². The minimum Gasteiger partial charge on any atom is -0.480 e. The molecular weight excluding hydrogens is 236 g/mol. The average Bonchev–Trinajstić information content (AvgIpc) is 2.79. The number of urea groups is 1. The van der Waals surface area contributed by atoms with Gasteiger partial charge in [-0.25, -0.2) is 9.59 Å². The molecule has 1 aliphatic heterocycles. The number of carbonyl (C=O) groups excluding carboxylic acids is 1. The number of methoxy groups -OCH3 is 1. The van der Waals surface area contributed by atoms with Gasteiger partial charge in [0, 0.05) is 26.6 Å². The van der Waals surface area contributed by atoms with E-state index in [4.69, 9.17) is 16.3 Å². The SMILES string of the molecule is C#CCN(CC)C(=O)N1CC(OC)CC1C(=O)O. The zero-order valence-electron chi connectivity index (χ0n) is 10.6. The van der Waals surface area contributed by atoms with E-state index in [0.717, 1.165) is 0 Å². The van der Waals surface area contributed by atoms with E-state index >= 15 is 0 Å². The Morgan fingerprint density at radius 2 is 2.28 bits per heavy atom. The van der Waals surface area contributed by atoms with Gasteiger partial charge in [0.05, 0.1) is 12.6 Å². The molecule has 0 aromatic heterocycles. The van der Waals surface area contributed by atoms with Gasteiger partial charge in [-0.05, 0) is 6.92 Å². The second-order valence-electron chi connectivity index (χ2n) is 4.10. The Bertz CT molecular complexity index is 364. The predicted molar refractivity (Wildman–Crippen MR) is 65.0 cm³/mol. The zero-order chi connectivity index (χ0) is 13.7. The molecule has 100 valence electrons. The summed E-state index contributed by atoms with van der Waals surface area (Å²) in [5.41, 5.74) is 0. The van der Waals surface area contributed by atoms with E-state index in [1.54, 1.807) is 6.92 Å². The number of hydrogen-bond acceptors (Lipinski definition) is 3. The molecule has 1 fully saturated rings. The van der Waals surface area contributed by atoms with Gasteiger partial charge in [0.15, 0.2) is 0 Å². The lowest BCUT2D eigenvalue weighted by Gasteiger charge is -2.28. The average molecular weight is 254 g/mol. The number of hydrogen-bond donors (Lipinski definition) is 1. The number of carbonyl (C=O) groups is 2. The second kappa shape index (κ2) is 6.26. The third-order valence-corrected chi connectivity index (χ3v) is 3.06. The number of carboxylic acid groups (broad SMARTS) is 1. The molecule has 0 saturated carbocycles. The van der Waals surface area contributed by atoms with Gasteiger partial charge in [-0.2, -0.15) is 0 Å². The molecule has 1 aliphatic rings. The molecule has 0 spiro atoms. The maximum atomic E-state index is 12.2. The van der Waals surface area contributed by atoms with Gasteiger partial charge in [-0.3, -0.25) is 0 Å². The fourth-order valence-corrected chi connectivity index (χ4v) is 2.02. The first-order valence-electron chi connectivity index (χ1n) is 5.79. The van der Waals surface area contributed by atoms with Crippen LogP contribution in [0.15, 0.2) is 0 Å². The van der Waals surface area contributed by atoms with E-state index in [1.165, 1.54) is 16.9 Å². The maximum Gasteiger partial charge on any atom is 0.326 e. The van der Waals surface area contributed by atoms with Gasteiger partial charge in [0.25, 0.3) is 0 Å². The minimum atomic E-state index is -1.01. The van der Waals surface area contributed by atoms with Crippen LogP contribution in [0.5, 0.6) is 0 Å². The summed E-state index contributed by atoms with van der Waals surface area (Å²) in [6, 6.07) is -1.18. The Kier molecular flexibility index (Phi) is 4.98. The van der Waals surface area contributed by atoms with Gasteiger partial charge in [0.1, 0.15) is 6.04 Å². The third kappa shape index (κ3) is 2.93. The van der Waals surface area contributed by atoms with Crippen LogP contribution < -0.4 is 0 Å². The van der Waals surface area contributed by atoms with Crippen molar-refractivity contribution in [2.75, 3.05) is 26.7 Å². The number of aliphatic carboxylic acids is 1. The van der Waals surface area contributed by atoms with Gasteiger partial charge < -0.3 is 19.6 Å². The largest absolute Gasteiger partial charge is 0.480 e. The Balaban J connectivity index is 2.82. The van der Waals surface area contributed by atoms with E-state index in [-0.39, 0.29) is 25.2 Å². The molecule has 18 heavy (non-hydrogen) atoms. The van der Waals surface area contributed by atoms with Crippen molar-refractivity contribution in [1.29, 1.82) is 0 Å². The molecule has 0 aromatic rings. The summed E-state index contributed by atoms with van der Waals surface area (Å²) in [4.78, 5) is 26.1. The first kappa shape index (κ1) is 14.3. The first-order chi connectivity index (χ1) is 8.54. The van der Waals surface area contributed by atoms with Crippen LogP contribution in [0.3, 0.4) is 0 Å². The molecule has 2 amide bonds. The smallest absolute Gasteiger partial charge is 0.326 e. The monoisotopic (exact) mass is 254 g/mol. The molecule has 0 aliphatic carbocycles. The summed E-state index contributed by atoms with van der Waals surface area (Å²) >= 11 is 0. The maximum absolute atomic E-state index is 12.2. The quantitative estimate of drug-likeness (QED) is 0.729. The van der Waals surface area contributed by atoms with Crippen molar-refractivity contribution >= 4 is 12.0 Å². The lowest BCUT2D eigenvalue weighted by Crippen LogP contribution is -2.48. The molecule has 1 saturated heterocycles. The van der Waals surface area contributed by atoms with E-state index in [2.05, 4.69) is 5.92 Å². The molecule has 6 nitrogen and oxygen atoms in total. The van der Waals surface area contributed by atoms with E-state index in [1.807, 2.05) is 0 Å². The number of amides is 2. The molecular formula is C12H18N2O4. The molecule has 0 radical (unpaired) electrons. The molecule has 1 N–H and O–H groups in total. The lowest BCUT2D eigenvalue weighted by atomic mass is 10.2. The lowest BCUT2D eigenvalue weighted by molar-refractivity contribution is -0.141. The van der Waals surface area contributed by atoms with Crippen LogP contribution in [0.25, 0.3) is 0 Å². The van der Waals surface area contributed by atoms with Gasteiger partial charge in [-0.1, -0.05) is 5.92 Å². The number of terminal acetylenes is 1. The summed E-state index contributed by atoms with van der Waals surface area (Å²) in [7, 11) is 1.51. The fourth-order valence-electron chi connectivity index (χ4n) is 2.02. The zero-order valence-corrected chi connectivity index (χ0v) is 10.6. The molecule has 0 aromatic carbocycles. The van der Waals surface area contributed by atoms with Crippen LogP contribution >= 0.6 is 0 Å². The summed E-state index contributed by atoms with van der Waals surface area (Å²) in [6.45, 7) is 2.71. The van der Waals surface area contributed by atoms with Crippen molar-refractivity contribution in [3.8, 4) is 12.3 Å². The van der Waals surface area contributed by atoms with Crippen LogP contribution in [0.2, 0.25) is 0 Å². The first-order valence-corrected chi connectivity index (χ1v) is 5.79. The standard InChI is InChI=1S/C12H18N2O4/c1-4-6-13(5-2)12(17)14-8-9(18-3)7-10(14)11(15)16/h1,9-10H,5-8H2,2-3H3,(H,15,16). The van der Waals surface area contributed by atoms with Crippen molar-refractivity contribution in [2.24, 2.45) is 0 Å². The summed E-state index contributed by atoms with van der Waals surface area (Å²) < 4.78 is 5.13. The molecule has 2 atom stereocenters. The Morgan fingerprint density at radius 3 is 2.72 bits per heavy atom. The molecule has 2 unspecified atom stereocenters. The molecule has 1 heterocycles. The van der Waals surface area contributed by atoms with Crippen LogP contribution in [-0.4, -0.2) is 65.8 Å². The molecule has 1 rings (SSSR count). The summed E-state index contributed by atoms with van der Waals surface area (Å²) in [6.07, 6.45) is 5.26. The van der Waals surface area contributed by atoms with Gasteiger partial charge in [0.2, 0.25) is 0 Å². The number of ether oxygens (including phenoxy) is 1. The number of nitrogens with zero attached hydrogens (tertiary/aromatic N) is 2. The number of rotatable bonds is 4. The minimum absolute atomic E-state index is 0.176. The highest BCUT2D eigenvalue weighted by molar-refractivity contribution is 5.83. The van der Waals surface area contributed by atoms with Crippen molar-refractivity contribution in [3.63, 3.8) is 0 Å². The second-order valence-corrected chi connectivity index (χ2v) is 4.10. The van der Waals surface area contributed by atoms with Crippen LogP contribution in [-0.2, 0) is 9.53 Å². The van der Waals surface area contributed by atoms with Gasteiger partial charge in [-0.15, -0.1) is 6.42 Å². The van der Waals surface area contributed by atoms with E-state index < -0.39 is 12.0 Å². The summed E-state index contributed by atoms with van der Waals surface area (Å²) in [5.74, 6) is 1.38. The van der Waals surface area contributed by atoms with Gasteiger partial charge >= 0.3 is 12.0 Å². The molecule has 0 bridgehead atoms. The van der Waals surface area contributed by atoms with Crippen LogP contribution in [0, 0.1) is 12.3 Å². The fraction of sp³-hybridized carbons (Fsp3) is 0.667. The van der Waals surface area contributed by atoms with E-state index in [9.17, 15) is 9.59 Å². The van der Waals surface area contributed by atoms with Crippen molar-refractivity contribution in [1.82, 2.24) is 9.80 Å². The highest BCUT2D eigenvalue weighted by atomic mass is 16.5. The third-order valence-electron chi connectivity index (χ3n) is 3.06. The molecule has 6 heteroatoms. The van der Waals surface area contributed by atoms with Crippen LogP contribution in [0.1, 0.15) is 13.3 Å². The Morgan fingerprint density at radius 1 is 1.61 bits per heavy atom. The Hall–Kier alpha value is -1.74. The number of likely N-dealkylation sites (tertiary alicyclic amines) is 1. The summed E-state index contributed by atoms with van der Waals surface area (Å²) in [5, 5.41) is 9.12. The van der Waals surface area contributed by atoms with Crippen molar-refractivity contribution in [3.05, 3.63) is 0 Å². The predicted octanol–water partition coefficient (Wildman–Crippen LogP) is 0.235. The highest BCUT2D eigenvalue weighted by Gasteiger charge is 2.41. The van der Waals surface area contributed by atoms with Crippen molar-refractivity contribution < 1.29 is 19.4 Å². The van der Waals surface area contributed by atoms with E-state index in [0.29, 0.717) is 13.0 Å². The highest BCUT2D eigenvalue weighted by Crippen LogP contribution is 2.21. The number of carboxylic acids is 1. The Labute approximate surface area is 106 Å². The normalized spacial score (nSPS) is 22.6.